The second-order valence-electron chi connectivity index (χ2n) is 7.21. The van der Waals surface area contributed by atoms with Crippen LogP contribution in [0.1, 0.15) is 59.3 Å². The fourth-order valence-corrected chi connectivity index (χ4v) is 3.60. The van der Waals surface area contributed by atoms with Gasteiger partial charge in [0, 0.05) is 18.5 Å². The molecule has 1 heterocycles. The number of carbonyl (C=O) groups excluding carboxylic acids is 2. The number of amides is 3. The van der Waals surface area contributed by atoms with Gasteiger partial charge in [-0.3, -0.25) is 9.69 Å². The van der Waals surface area contributed by atoms with Crippen LogP contribution in [0, 0.1) is 11.8 Å². The molecule has 0 aromatic heterocycles. The molecule has 1 saturated carbocycles. The Kier molecular flexibility index (Phi) is 4.74. The van der Waals surface area contributed by atoms with Crippen molar-refractivity contribution in [2.75, 3.05) is 6.54 Å². The smallest absolute Gasteiger partial charge is 0.324 e. The van der Waals surface area contributed by atoms with Crippen LogP contribution in [0.15, 0.2) is 12.2 Å². The Morgan fingerprint density at radius 1 is 1.33 bits per heavy atom. The molecular formula is C17H28N2O2. The summed E-state index contributed by atoms with van der Waals surface area (Å²) in [5.74, 6) is 0.953. The minimum atomic E-state index is -0.284. The van der Waals surface area contributed by atoms with E-state index in [2.05, 4.69) is 32.7 Å². The highest BCUT2D eigenvalue weighted by Crippen LogP contribution is 2.38. The van der Waals surface area contributed by atoms with E-state index in [4.69, 9.17) is 0 Å². The van der Waals surface area contributed by atoms with Gasteiger partial charge in [-0.15, -0.1) is 0 Å². The number of nitrogens with one attached hydrogen (secondary N) is 1. The number of carbonyl (C=O) groups is 2. The predicted octanol–water partition coefficient (Wildman–Crippen LogP) is 3.48. The van der Waals surface area contributed by atoms with Crippen LogP contribution in [0.25, 0.3) is 0 Å². The zero-order chi connectivity index (χ0) is 15.6. The van der Waals surface area contributed by atoms with Crippen LogP contribution in [-0.4, -0.2) is 28.9 Å². The quantitative estimate of drug-likeness (QED) is 0.810. The molecule has 118 valence electrons. The fraction of sp³-hybridized carbons (Fsp3) is 0.765. The first-order valence-corrected chi connectivity index (χ1v) is 8.09. The summed E-state index contributed by atoms with van der Waals surface area (Å²) in [4.78, 5) is 25.3. The monoisotopic (exact) mass is 292 g/mol. The number of imide groups is 1. The number of hydrogen-bond acceptors (Lipinski definition) is 2. The molecule has 1 N–H and O–H groups in total. The maximum Gasteiger partial charge on any atom is 0.324 e. The molecule has 0 bridgehead atoms. The van der Waals surface area contributed by atoms with Crippen LogP contribution in [0.2, 0.25) is 0 Å². The lowest BCUT2D eigenvalue weighted by molar-refractivity contribution is -0.125. The summed E-state index contributed by atoms with van der Waals surface area (Å²) in [5, 5.41) is 3.09. The largest absolute Gasteiger partial charge is 0.332 e. The molecule has 2 unspecified atom stereocenters. The summed E-state index contributed by atoms with van der Waals surface area (Å²) in [6.45, 7) is 10.9. The number of likely N-dealkylation sites (tertiary alicyclic amines) is 1. The summed E-state index contributed by atoms with van der Waals surface area (Å²) >= 11 is 0. The number of allylic oxidation sites excluding steroid dienone is 1. The first kappa shape index (κ1) is 16.1. The van der Waals surface area contributed by atoms with Crippen molar-refractivity contribution in [1.29, 1.82) is 0 Å². The molecule has 1 saturated heterocycles. The Morgan fingerprint density at radius 2 is 2.05 bits per heavy atom. The van der Waals surface area contributed by atoms with E-state index < -0.39 is 0 Å². The summed E-state index contributed by atoms with van der Waals surface area (Å²) in [5.41, 5.74) is 0.963. The van der Waals surface area contributed by atoms with Gasteiger partial charge in [0.25, 0.3) is 0 Å². The molecule has 2 atom stereocenters. The van der Waals surface area contributed by atoms with Crippen molar-refractivity contribution < 1.29 is 9.59 Å². The highest BCUT2D eigenvalue weighted by Gasteiger charge is 2.37. The second-order valence-corrected chi connectivity index (χ2v) is 7.21. The van der Waals surface area contributed by atoms with E-state index in [1.165, 1.54) is 23.3 Å². The number of nitrogens with zero attached hydrogens (tertiary/aromatic N) is 1. The van der Waals surface area contributed by atoms with Crippen molar-refractivity contribution in [1.82, 2.24) is 10.2 Å². The van der Waals surface area contributed by atoms with Crippen molar-refractivity contribution in [3.63, 3.8) is 0 Å². The number of hydrogen-bond donors (Lipinski definition) is 1. The Labute approximate surface area is 128 Å². The molecule has 1 aliphatic carbocycles. The van der Waals surface area contributed by atoms with Crippen molar-refractivity contribution in [3.05, 3.63) is 12.2 Å². The molecular weight excluding hydrogens is 264 g/mol. The average Bonchev–Trinajstić information content (AvgIpc) is 2.85. The van der Waals surface area contributed by atoms with E-state index in [9.17, 15) is 9.59 Å². The predicted molar refractivity (Wildman–Crippen MR) is 83.8 cm³/mol. The van der Waals surface area contributed by atoms with E-state index in [0.717, 1.165) is 19.3 Å². The molecule has 21 heavy (non-hydrogen) atoms. The van der Waals surface area contributed by atoms with E-state index in [1.54, 1.807) is 0 Å². The average molecular weight is 292 g/mol. The van der Waals surface area contributed by atoms with E-state index in [1.807, 2.05) is 0 Å². The molecule has 0 aromatic rings. The van der Waals surface area contributed by atoms with Crippen LogP contribution >= 0.6 is 0 Å². The minimum absolute atomic E-state index is 0.0493. The topological polar surface area (TPSA) is 49.4 Å². The molecule has 0 aromatic carbocycles. The van der Waals surface area contributed by atoms with Gasteiger partial charge in [0.15, 0.2) is 0 Å². The summed E-state index contributed by atoms with van der Waals surface area (Å²) in [7, 11) is 0. The van der Waals surface area contributed by atoms with Crippen molar-refractivity contribution >= 4 is 11.9 Å². The van der Waals surface area contributed by atoms with Gasteiger partial charge >= 0.3 is 6.03 Å². The molecule has 0 spiro atoms. The van der Waals surface area contributed by atoms with E-state index in [0.29, 0.717) is 24.8 Å². The van der Waals surface area contributed by atoms with Gasteiger partial charge in [-0.2, -0.15) is 0 Å². The molecule has 4 heteroatoms. The normalized spacial score (nSPS) is 26.8. The third kappa shape index (κ3) is 3.66. The van der Waals surface area contributed by atoms with Crippen LogP contribution in [-0.2, 0) is 4.79 Å². The van der Waals surface area contributed by atoms with Gasteiger partial charge in [0.1, 0.15) is 0 Å². The van der Waals surface area contributed by atoms with Crippen LogP contribution in [0.5, 0.6) is 0 Å². The Hall–Kier alpha value is -1.32. The van der Waals surface area contributed by atoms with Crippen LogP contribution in [0.4, 0.5) is 4.79 Å². The Bertz CT molecular complexity index is 442. The van der Waals surface area contributed by atoms with Gasteiger partial charge in [-0.05, 0) is 58.3 Å². The highest BCUT2D eigenvalue weighted by atomic mass is 16.2. The lowest BCUT2D eigenvalue weighted by Crippen LogP contribution is -2.54. The Balaban J connectivity index is 1.98. The fourth-order valence-electron chi connectivity index (χ4n) is 3.60. The second kappa shape index (κ2) is 6.20. The highest BCUT2D eigenvalue weighted by molar-refractivity contribution is 5.96. The minimum Gasteiger partial charge on any atom is -0.332 e. The number of urea groups is 1. The van der Waals surface area contributed by atoms with Gasteiger partial charge < -0.3 is 5.32 Å². The van der Waals surface area contributed by atoms with Crippen LogP contribution < -0.4 is 5.32 Å². The zero-order valence-corrected chi connectivity index (χ0v) is 13.6. The summed E-state index contributed by atoms with van der Waals surface area (Å²) < 4.78 is 0. The standard InChI is InChI=1S/C17H28N2O2/c1-12(2)13-7-5-8-14(11-13)17(3,4)18-16(21)19-10-6-9-15(19)20/h13-14H,1,5-11H2,2-4H3,(H,18,21). The van der Waals surface area contributed by atoms with Crippen molar-refractivity contribution in [3.8, 4) is 0 Å². The molecule has 1 aliphatic heterocycles. The Morgan fingerprint density at radius 3 is 2.62 bits per heavy atom. The molecule has 2 aliphatic rings. The van der Waals surface area contributed by atoms with Crippen LogP contribution in [0.3, 0.4) is 0 Å². The van der Waals surface area contributed by atoms with Gasteiger partial charge in [0.2, 0.25) is 5.91 Å². The maximum absolute atomic E-state index is 12.3. The zero-order valence-electron chi connectivity index (χ0n) is 13.6. The summed E-state index contributed by atoms with van der Waals surface area (Å²) in [6.07, 6.45) is 5.88. The van der Waals surface area contributed by atoms with E-state index in [-0.39, 0.29) is 17.5 Å². The molecule has 0 radical (unpaired) electrons. The first-order chi connectivity index (χ1) is 9.81. The van der Waals surface area contributed by atoms with Gasteiger partial charge in [-0.1, -0.05) is 18.6 Å². The molecule has 3 amide bonds. The SMILES string of the molecule is C=C(C)C1CCCC(C(C)(C)NC(=O)N2CCCC2=O)C1. The maximum atomic E-state index is 12.3. The molecule has 4 nitrogen and oxygen atoms in total. The molecule has 2 rings (SSSR count). The van der Waals surface area contributed by atoms with Gasteiger partial charge in [-0.25, -0.2) is 4.79 Å². The first-order valence-electron chi connectivity index (χ1n) is 8.09. The summed E-state index contributed by atoms with van der Waals surface area (Å²) in [6, 6.07) is -0.222. The number of rotatable bonds is 3. The van der Waals surface area contributed by atoms with E-state index >= 15 is 0 Å². The lowest BCUT2D eigenvalue weighted by atomic mass is 9.71. The van der Waals surface area contributed by atoms with Crippen molar-refractivity contribution in [2.45, 2.75) is 64.8 Å². The third-order valence-electron chi connectivity index (χ3n) is 5.14. The van der Waals surface area contributed by atoms with Gasteiger partial charge in [0.05, 0.1) is 0 Å². The third-order valence-corrected chi connectivity index (χ3v) is 5.14. The van der Waals surface area contributed by atoms with Crippen molar-refractivity contribution in [2.24, 2.45) is 11.8 Å². The lowest BCUT2D eigenvalue weighted by Gasteiger charge is -2.41. The molecule has 2 fully saturated rings.